The van der Waals surface area contributed by atoms with Gasteiger partial charge in [0.2, 0.25) is 0 Å². The maximum atomic E-state index is 13.2. The molecule has 16 heavy (non-hydrogen) atoms. The second-order valence-electron chi connectivity index (χ2n) is 3.17. The van der Waals surface area contributed by atoms with Crippen molar-refractivity contribution in [2.24, 2.45) is 0 Å². The van der Waals surface area contributed by atoms with Crippen LogP contribution in [0.15, 0.2) is 52.1 Å². The Morgan fingerprint density at radius 3 is 2.81 bits per heavy atom. The fourth-order valence-electron chi connectivity index (χ4n) is 1.24. The Kier molecular flexibility index (Phi) is 3.96. The first-order valence-corrected chi connectivity index (χ1v) is 6.52. The first kappa shape index (κ1) is 11.6. The molecular formula is C12H9BrFNS. The molecule has 0 amide bonds. The van der Waals surface area contributed by atoms with E-state index in [0.29, 0.717) is 10.2 Å². The topological polar surface area (TPSA) is 12.9 Å². The van der Waals surface area contributed by atoms with Gasteiger partial charge in [-0.05, 0) is 39.7 Å². The summed E-state index contributed by atoms with van der Waals surface area (Å²) in [6, 6.07) is 10.8. The summed E-state index contributed by atoms with van der Waals surface area (Å²) in [6.07, 6.45) is 1.75. The Morgan fingerprint density at radius 1 is 1.19 bits per heavy atom. The fourth-order valence-corrected chi connectivity index (χ4v) is 2.69. The van der Waals surface area contributed by atoms with Gasteiger partial charge < -0.3 is 0 Å². The van der Waals surface area contributed by atoms with Gasteiger partial charge in [-0.1, -0.05) is 18.2 Å². The number of nitrogens with zero attached hydrogens (tertiary/aromatic N) is 1. The van der Waals surface area contributed by atoms with Crippen molar-refractivity contribution >= 4 is 27.7 Å². The van der Waals surface area contributed by atoms with Gasteiger partial charge in [-0.25, -0.2) is 9.37 Å². The predicted octanol–water partition coefficient (Wildman–Crippen LogP) is 4.28. The molecule has 2 rings (SSSR count). The Hall–Kier alpha value is -0.870. The molecule has 1 nitrogen and oxygen atoms in total. The molecule has 4 heteroatoms. The van der Waals surface area contributed by atoms with Crippen LogP contribution in [-0.2, 0) is 5.75 Å². The van der Waals surface area contributed by atoms with Crippen LogP contribution in [0.4, 0.5) is 4.39 Å². The van der Waals surface area contributed by atoms with Gasteiger partial charge in [-0.2, -0.15) is 0 Å². The molecule has 2 aromatic rings. The number of rotatable bonds is 3. The third kappa shape index (κ3) is 2.83. The van der Waals surface area contributed by atoms with Crippen molar-refractivity contribution in [1.29, 1.82) is 0 Å². The number of halogens is 2. The van der Waals surface area contributed by atoms with Gasteiger partial charge in [0.1, 0.15) is 5.82 Å². The largest absolute Gasteiger partial charge is 0.250 e. The van der Waals surface area contributed by atoms with Crippen LogP contribution in [0.3, 0.4) is 0 Å². The van der Waals surface area contributed by atoms with Crippen LogP contribution in [0.5, 0.6) is 0 Å². The van der Waals surface area contributed by atoms with Gasteiger partial charge in [0, 0.05) is 11.9 Å². The van der Waals surface area contributed by atoms with E-state index in [-0.39, 0.29) is 5.82 Å². The zero-order valence-corrected chi connectivity index (χ0v) is 10.8. The summed E-state index contributed by atoms with van der Waals surface area (Å²) in [6.45, 7) is 0. The van der Waals surface area contributed by atoms with Crippen LogP contribution in [-0.4, -0.2) is 4.98 Å². The normalized spacial score (nSPS) is 10.4. The highest BCUT2D eigenvalue weighted by atomic mass is 79.9. The van der Waals surface area contributed by atoms with Crippen LogP contribution in [0, 0.1) is 5.82 Å². The molecule has 1 heterocycles. The number of pyridine rings is 1. The molecule has 82 valence electrons. The standard InChI is InChI=1S/C12H9BrFNS/c13-12-9(4-3-5-10(12)14)8-16-11-6-1-2-7-15-11/h1-7H,8H2. The molecule has 0 unspecified atom stereocenters. The minimum Gasteiger partial charge on any atom is -0.250 e. The Balaban J connectivity index is 2.08. The van der Waals surface area contributed by atoms with Crippen LogP contribution in [0.2, 0.25) is 0 Å². The van der Waals surface area contributed by atoms with Crippen molar-refractivity contribution < 1.29 is 4.39 Å². The van der Waals surface area contributed by atoms with Crippen LogP contribution in [0.1, 0.15) is 5.56 Å². The molecule has 0 aliphatic heterocycles. The molecule has 0 fully saturated rings. The second-order valence-corrected chi connectivity index (χ2v) is 4.96. The fraction of sp³-hybridized carbons (Fsp3) is 0.0833. The number of hydrogen-bond acceptors (Lipinski definition) is 2. The summed E-state index contributed by atoms with van der Waals surface area (Å²) in [5, 5.41) is 0.943. The van der Waals surface area contributed by atoms with E-state index in [0.717, 1.165) is 10.6 Å². The number of thioether (sulfide) groups is 1. The van der Waals surface area contributed by atoms with E-state index in [2.05, 4.69) is 20.9 Å². The van der Waals surface area contributed by atoms with Crippen molar-refractivity contribution in [3.63, 3.8) is 0 Å². The SMILES string of the molecule is Fc1cccc(CSc2ccccn2)c1Br. The quantitative estimate of drug-likeness (QED) is 0.785. The van der Waals surface area contributed by atoms with E-state index < -0.39 is 0 Å². The van der Waals surface area contributed by atoms with Gasteiger partial charge in [0.15, 0.2) is 0 Å². The van der Waals surface area contributed by atoms with Crippen molar-refractivity contribution in [3.8, 4) is 0 Å². The molecule has 1 aromatic heterocycles. The van der Waals surface area contributed by atoms with Crippen LogP contribution >= 0.6 is 27.7 Å². The highest BCUT2D eigenvalue weighted by molar-refractivity contribution is 9.10. The minimum atomic E-state index is -0.223. The monoisotopic (exact) mass is 297 g/mol. The average molecular weight is 298 g/mol. The molecule has 0 aliphatic rings. The third-order valence-electron chi connectivity index (χ3n) is 2.04. The Labute approximate surface area is 106 Å². The average Bonchev–Trinajstić information content (AvgIpc) is 2.32. The van der Waals surface area contributed by atoms with Gasteiger partial charge in [-0.15, -0.1) is 11.8 Å². The Bertz CT molecular complexity index is 476. The molecule has 0 N–H and O–H groups in total. The third-order valence-corrected chi connectivity index (χ3v) is 3.93. The van der Waals surface area contributed by atoms with Crippen LogP contribution < -0.4 is 0 Å². The molecule has 0 bridgehead atoms. The highest BCUT2D eigenvalue weighted by Crippen LogP contribution is 2.27. The summed E-state index contributed by atoms with van der Waals surface area (Å²) in [4.78, 5) is 4.20. The molecular weight excluding hydrogens is 289 g/mol. The lowest BCUT2D eigenvalue weighted by atomic mass is 10.2. The van der Waals surface area contributed by atoms with E-state index in [1.54, 1.807) is 24.0 Å². The summed E-state index contributed by atoms with van der Waals surface area (Å²) in [5.74, 6) is 0.481. The van der Waals surface area contributed by atoms with E-state index in [1.807, 2.05) is 24.3 Å². The molecule has 1 aromatic carbocycles. The predicted molar refractivity (Wildman–Crippen MR) is 67.9 cm³/mol. The molecule has 0 atom stereocenters. The summed E-state index contributed by atoms with van der Waals surface area (Å²) in [7, 11) is 0. The van der Waals surface area contributed by atoms with Crippen molar-refractivity contribution in [2.75, 3.05) is 0 Å². The van der Waals surface area contributed by atoms with E-state index >= 15 is 0 Å². The summed E-state index contributed by atoms with van der Waals surface area (Å²) >= 11 is 4.83. The van der Waals surface area contributed by atoms with E-state index in [4.69, 9.17) is 0 Å². The molecule has 0 spiro atoms. The molecule has 0 saturated heterocycles. The number of benzene rings is 1. The molecule has 0 saturated carbocycles. The van der Waals surface area contributed by atoms with Crippen molar-refractivity contribution in [3.05, 3.63) is 58.4 Å². The van der Waals surface area contributed by atoms with Crippen LogP contribution in [0.25, 0.3) is 0 Å². The maximum Gasteiger partial charge on any atom is 0.137 e. The first-order valence-electron chi connectivity index (χ1n) is 4.74. The number of hydrogen-bond donors (Lipinski definition) is 0. The van der Waals surface area contributed by atoms with Gasteiger partial charge in [0.25, 0.3) is 0 Å². The lowest BCUT2D eigenvalue weighted by Crippen LogP contribution is -1.87. The lowest BCUT2D eigenvalue weighted by Gasteiger charge is -2.04. The van der Waals surface area contributed by atoms with E-state index in [9.17, 15) is 4.39 Å². The second kappa shape index (κ2) is 5.46. The maximum absolute atomic E-state index is 13.2. The summed E-state index contributed by atoms with van der Waals surface area (Å²) < 4.78 is 13.8. The van der Waals surface area contributed by atoms with Gasteiger partial charge >= 0.3 is 0 Å². The zero-order valence-electron chi connectivity index (χ0n) is 8.36. The zero-order chi connectivity index (χ0) is 11.4. The van der Waals surface area contributed by atoms with Gasteiger partial charge in [-0.3, -0.25) is 0 Å². The lowest BCUT2D eigenvalue weighted by molar-refractivity contribution is 0.619. The van der Waals surface area contributed by atoms with Gasteiger partial charge in [0.05, 0.1) is 9.50 Å². The van der Waals surface area contributed by atoms with Crippen molar-refractivity contribution in [2.45, 2.75) is 10.8 Å². The smallest absolute Gasteiger partial charge is 0.137 e. The Morgan fingerprint density at radius 2 is 2.06 bits per heavy atom. The summed E-state index contributed by atoms with van der Waals surface area (Å²) in [5.41, 5.74) is 0.940. The van der Waals surface area contributed by atoms with E-state index in [1.165, 1.54) is 6.07 Å². The molecule has 0 aliphatic carbocycles. The molecule has 0 radical (unpaired) electrons. The minimum absolute atomic E-state index is 0.223. The van der Waals surface area contributed by atoms with Crippen molar-refractivity contribution in [1.82, 2.24) is 4.98 Å². The highest BCUT2D eigenvalue weighted by Gasteiger charge is 2.05. The number of aromatic nitrogens is 1. The first-order chi connectivity index (χ1) is 7.77.